The van der Waals surface area contributed by atoms with E-state index in [1.165, 1.54) is 32.5 Å². The molecule has 1 aliphatic heterocycles. The number of carbonyl (C=O) groups is 2. The van der Waals surface area contributed by atoms with E-state index >= 15 is 0 Å². The molecule has 3 rings (SSSR count). The fourth-order valence-corrected chi connectivity index (χ4v) is 4.69. The number of carbonyl (C=O) groups excluding carboxylic acids is 2. The standard InChI is InChI=1S/C22H27N3O6S/c1-14-13-25(22(27)15-11-18(30-2)21(31-3)23-12-15)10-9-17(14)24-20(26)16-7-5-6-8-19(16)32(4,28)29/h5-8,11-12,14,17H,9-10,13H2,1-4H3,(H,24,26)/t14-,17+/m0/s1. The van der Waals surface area contributed by atoms with Crippen molar-refractivity contribution >= 4 is 21.7 Å². The Kier molecular flexibility index (Phi) is 7.02. The lowest BCUT2D eigenvalue weighted by Crippen LogP contribution is -2.51. The SMILES string of the molecule is COc1cc(C(=O)N2CC[C@@H](NC(=O)c3ccccc3S(C)(=O)=O)[C@@H](C)C2)cnc1OC. The summed E-state index contributed by atoms with van der Waals surface area (Å²) in [4.78, 5) is 31.6. The Hall–Kier alpha value is -3.14. The van der Waals surface area contributed by atoms with Gasteiger partial charge in [-0.25, -0.2) is 13.4 Å². The van der Waals surface area contributed by atoms with E-state index in [1.807, 2.05) is 6.92 Å². The maximum absolute atomic E-state index is 13.0. The minimum Gasteiger partial charge on any atom is -0.491 e. The number of hydrogen-bond donors (Lipinski definition) is 1. The first-order valence-corrected chi connectivity index (χ1v) is 12.0. The summed E-state index contributed by atoms with van der Waals surface area (Å²) in [7, 11) is -0.581. The summed E-state index contributed by atoms with van der Waals surface area (Å²) in [6, 6.07) is 7.54. The quantitative estimate of drug-likeness (QED) is 0.697. The fourth-order valence-electron chi connectivity index (χ4n) is 3.80. The number of amides is 2. The lowest BCUT2D eigenvalue weighted by molar-refractivity contribution is 0.0632. The van der Waals surface area contributed by atoms with E-state index in [9.17, 15) is 18.0 Å². The molecule has 0 saturated carbocycles. The van der Waals surface area contributed by atoms with Gasteiger partial charge in [0.05, 0.1) is 30.2 Å². The van der Waals surface area contributed by atoms with Gasteiger partial charge in [-0.2, -0.15) is 0 Å². The highest BCUT2D eigenvalue weighted by molar-refractivity contribution is 7.90. The van der Waals surface area contributed by atoms with Gasteiger partial charge < -0.3 is 19.7 Å². The van der Waals surface area contributed by atoms with Crippen LogP contribution in [0, 0.1) is 5.92 Å². The van der Waals surface area contributed by atoms with Crippen LogP contribution in [0.1, 0.15) is 34.1 Å². The molecular weight excluding hydrogens is 434 g/mol. The second-order valence-electron chi connectivity index (χ2n) is 7.80. The van der Waals surface area contributed by atoms with Crippen molar-refractivity contribution in [3.8, 4) is 11.6 Å². The summed E-state index contributed by atoms with van der Waals surface area (Å²) >= 11 is 0. The summed E-state index contributed by atoms with van der Waals surface area (Å²) in [6.07, 6.45) is 3.07. The van der Waals surface area contributed by atoms with Crippen molar-refractivity contribution in [2.75, 3.05) is 33.6 Å². The van der Waals surface area contributed by atoms with Crippen LogP contribution in [0.25, 0.3) is 0 Å². The second-order valence-corrected chi connectivity index (χ2v) is 9.79. The highest BCUT2D eigenvalue weighted by Crippen LogP contribution is 2.26. The van der Waals surface area contributed by atoms with Crippen LogP contribution < -0.4 is 14.8 Å². The zero-order valence-corrected chi connectivity index (χ0v) is 19.3. The van der Waals surface area contributed by atoms with Crippen LogP contribution in [0.5, 0.6) is 11.6 Å². The van der Waals surface area contributed by atoms with Gasteiger partial charge in [-0.3, -0.25) is 9.59 Å². The van der Waals surface area contributed by atoms with Crippen LogP contribution in [-0.2, 0) is 9.84 Å². The highest BCUT2D eigenvalue weighted by atomic mass is 32.2. The van der Waals surface area contributed by atoms with E-state index in [0.29, 0.717) is 36.7 Å². The first kappa shape index (κ1) is 23.5. The summed E-state index contributed by atoms with van der Waals surface area (Å²) in [6.45, 7) is 2.82. The molecule has 2 aromatic rings. The smallest absolute Gasteiger partial charge is 0.256 e. The monoisotopic (exact) mass is 461 g/mol. The van der Waals surface area contributed by atoms with E-state index in [-0.39, 0.29) is 28.3 Å². The summed E-state index contributed by atoms with van der Waals surface area (Å²) in [5.74, 6) is 0.0192. The third kappa shape index (κ3) is 5.01. The minimum absolute atomic E-state index is 0.00119. The average Bonchev–Trinajstić information content (AvgIpc) is 2.78. The van der Waals surface area contributed by atoms with Gasteiger partial charge in [0.2, 0.25) is 0 Å². The topological polar surface area (TPSA) is 115 Å². The van der Waals surface area contributed by atoms with Crippen LogP contribution >= 0.6 is 0 Å². The zero-order valence-electron chi connectivity index (χ0n) is 18.5. The molecule has 0 bridgehead atoms. The average molecular weight is 462 g/mol. The predicted octanol–water partition coefficient (Wildman–Crippen LogP) is 1.78. The molecule has 32 heavy (non-hydrogen) atoms. The van der Waals surface area contributed by atoms with Gasteiger partial charge in [0.25, 0.3) is 17.7 Å². The Morgan fingerprint density at radius 3 is 2.53 bits per heavy atom. The van der Waals surface area contributed by atoms with Gasteiger partial charge in [0.1, 0.15) is 0 Å². The van der Waals surface area contributed by atoms with Gasteiger partial charge in [0, 0.05) is 37.7 Å². The molecular formula is C22H27N3O6S. The summed E-state index contributed by atoms with van der Waals surface area (Å²) < 4.78 is 34.3. The molecule has 172 valence electrons. The molecule has 2 amide bonds. The molecule has 0 aliphatic carbocycles. The van der Waals surface area contributed by atoms with Crippen molar-refractivity contribution in [3.05, 3.63) is 47.7 Å². The summed E-state index contributed by atoms with van der Waals surface area (Å²) in [5.41, 5.74) is 0.511. The number of piperidine rings is 1. The number of ether oxygens (including phenoxy) is 2. The van der Waals surface area contributed by atoms with E-state index < -0.39 is 15.7 Å². The molecule has 9 nitrogen and oxygen atoms in total. The van der Waals surface area contributed by atoms with Crippen LogP contribution in [0.4, 0.5) is 0 Å². The van der Waals surface area contributed by atoms with Crippen LogP contribution in [-0.4, -0.2) is 69.7 Å². The number of pyridine rings is 1. The number of hydrogen-bond acceptors (Lipinski definition) is 7. The highest BCUT2D eigenvalue weighted by Gasteiger charge is 2.31. The Balaban J connectivity index is 1.69. The van der Waals surface area contributed by atoms with Crippen molar-refractivity contribution in [1.29, 1.82) is 0 Å². The van der Waals surface area contributed by atoms with Gasteiger partial charge in [-0.05, 0) is 24.5 Å². The molecule has 1 fully saturated rings. The van der Waals surface area contributed by atoms with Crippen molar-refractivity contribution < 1.29 is 27.5 Å². The number of sulfone groups is 1. The number of benzene rings is 1. The number of likely N-dealkylation sites (tertiary alicyclic amines) is 1. The van der Waals surface area contributed by atoms with Gasteiger partial charge in [0.15, 0.2) is 15.6 Å². The Morgan fingerprint density at radius 2 is 1.91 bits per heavy atom. The first-order chi connectivity index (χ1) is 15.2. The number of nitrogens with zero attached hydrogens (tertiary/aromatic N) is 2. The molecule has 2 atom stereocenters. The maximum Gasteiger partial charge on any atom is 0.256 e. The minimum atomic E-state index is -3.53. The predicted molar refractivity (Wildman–Crippen MR) is 118 cm³/mol. The maximum atomic E-state index is 13.0. The van der Waals surface area contributed by atoms with Crippen LogP contribution in [0.2, 0.25) is 0 Å². The van der Waals surface area contributed by atoms with Crippen molar-refractivity contribution in [3.63, 3.8) is 0 Å². The molecule has 0 unspecified atom stereocenters. The van der Waals surface area contributed by atoms with E-state index in [2.05, 4.69) is 10.3 Å². The molecule has 2 heterocycles. The fraction of sp³-hybridized carbons (Fsp3) is 0.409. The first-order valence-electron chi connectivity index (χ1n) is 10.1. The van der Waals surface area contributed by atoms with E-state index in [4.69, 9.17) is 9.47 Å². The van der Waals surface area contributed by atoms with Crippen LogP contribution in [0.3, 0.4) is 0 Å². The van der Waals surface area contributed by atoms with Crippen molar-refractivity contribution in [1.82, 2.24) is 15.2 Å². The molecule has 0 radical (unpaired) electrons. The Labute approximate surface area is 187 Å². The van der Waals surface area contributed by atoms with Gasteiger partial charge >= 0.3 is 0 Å². The molecule has 0 spiro atoms. The number of nitrogens with one attached hydrogen (secondary N) is 1. The lowest BCUT2D eigenvalue weighted by Gasteiger charge is -2.37. The molecule has 1 aromatic carbocycles. The van der Waals surface area contributed by atoms with E-state index in [0.717, 1.165) is 6.26 Å². The summed E-state index contributed by atoms with van der Waals surface area (Å²) in [5, 5.41) is 2.94. The van der Waals surface area contributed by atoms with Gasteiger partial charge in [-0.1, -0.05) is 19.1 Å². The Bertz CT molecular complexity index is 1120. The third-order valence-corrected chi connectivity index (χ3v) is 6.67. The molecule has 1 saturated heterocycles. The lowest BCUT2D eigenvalue weighted by atomic mass is 9.93. The third-order valence-electron chi connectivity index (χ3n) is 5.52. The molecule has 1 N–H and O–H groups in total. The normalized spacial score (nSPS) is 18.7. The molecule has 1 aromatic heterocycles. The largest absolute Gasteiger partial charge is 0.491 e. The van der Waals surface area contributed by atoms with Crippen LogP contribution in [0.15, 0.2) is 41.4 Å². The zero-order chi connectivity index (χ0) is 23.5. The van der Waals surface area contributed by atoms with Crippen molar-refractivity contribution in [2.45, 2.75) is 24.3 Å². The molecule has 1 aliphatic rings. The molecule has 10 heteroatoms. The second kappa shape index (κ2) is 9.56. The number of methoxy groups -OCH3 is 2. The van der Waals surface area contributed by atoms with Gasteiger partial charge in [-0.15, -0.1) is 0 Å². The Morgan fingerprint density at radius 1 is 1.19 bits per heavy atom. The van der Waals surface area contributed by atoms with Crippen molar-refractivity contribution in [2.24, 2.45) is 5.92 Å². The number of rotatable bonds is 6. The number of aromatic nitrogens is 1. The van der Waals surface area contributed by atoms with E-state index in [1.54, 1.807) is 23.1 Å².